The molecule has 1 aromatic carbocycles. The van der Waals surface area contributed by atoms with Crippen LogP contribution in [0.1, 0.15) is 11.4 Å². The van der Waals surface area contributed by atoms with Crippen molar-refractivity contribution in [2.24, 2.45) is 0 Å². The van der Waals surface area contributed by atoms with Crippen LogP contribution in [0.2, 0.25) is 0 Å². The fourth-order valence-corrected chi connectivity index (χ4v) is 1.23. The summed E-state index contributed by atoms with van der Waals surface area (Å²) in [4.78, 5) is 0. The van der Waals surface area contributed by atoms with E-state index in [0.29, 0.717) is 0 Å². The van der Waals surface area contributed by atoms with E-state index in [9.17, 15) is 0 Å². The van der Waals surface area contributed by atoms with E-state index in [4.69, 9.17) is 5.73 Å². The van der Waals surface area contributed by atoms with Gasteiger partial charge in [0.2, 0.25) is 0 Å². The van der Waals surface area contributed by atoms with Crippen LogP contribution in [0.25, 0.3) is 0 Å². The van der Waals surface area contributed by atoms with Gasteiger partial charge in [0, 0.05) is 12.1 Å². The number of nitrogens with two attached hydrogens (primary N) is 1. The van der Waals surface area contributed by atoms with Crippen molar-refractivity contribution in [1.29, 1.82) is 0 Å². The van der Waals surface area contributed by atoms with Gasteiger partial charge in [-0.2, -0.15) is 5.21 Å². The number of tetrazole rings is 1. The number of aromatic amines is 1. The molecule has 0 unspecified atom stereocenters. The van der Waals surface area contributed by atoms with Crippen molar-refractivity contribution in [1.82, 2.24) is 20.6 Å². The minimum absolute atomic E-state index is 0. The van der Waals surface area contributed by atoms with Crippen molar-refractivity contribution in [2.45, 2.75) is 12.8 Å². The predicted octanol–water partition coefficient (Wildman–Crippen LogP) is 0.989. The lowest BCUT2D eigenvalue weighted by Gasteiger charge is -1.98. The molecule has 0 bridgehead atoms. The van der Waals surface area contributed by atoms with Crippen LogP contribution in [-0.4, -0.2) is 20.6 Å². The van der Waals surface area contributed by atoms with Crippen LogP contribution in [0, 0.1) is 0 Å². The van der Waals surface area contributed by atoms with Crippen LogP contribution >= 0.6 is 12.4 Å². The maximum absolute atomic E-state index is 5.58. The highest BCUT2D eigenvalue weighted by Crippen LogP contribution is 2.07. The molecule has 0 aliphatic rings. The van der Waals surface area contributed by atoms with Crippen LogP contribution in [0.4, 0.5) is 5.69 Å². The number of rotatable bonds is 3. The molecule has 6 heteroatoms. The molecule has 0 amide bonds. The molecular weight excluding hydrogens is 214 g/mol. The topological polar surface area (TPSA) is 80.5 Å². The molecule has 0 saturated carbocycles. The minimum Gasteiger partial charge on any atom is -0.399 e. The van der Waals surface area contributed by atoms with E-state index in [-0.39, 0.29) is 12.4 Å². The fourth-order valence-electron chi connectivity index (χ4n) is 1.23. The molecule has 3 N–H and O–H groups in total. The van der Waals surface area contributed by atoms with Gasteiger partial charge < -0.3 is 5.73 Å². The molecule has 1 aromatic heterocycles. The lowest BCUT2D eigenvalue weighted by Crippen LogP contribution is -1.94. The van der Waals surface area contributed by atoms with E-state index in [1.807, 2.05) is 24.3 Å². The number of H-pyrrole nitrogens is 1. The Morgan fingerprint density at radius 1 is 1.13 bits per heavy atom. The smallest absolute Gasteiger partial charge is 0.174 e. The third-order valence-corrected chi connectivity index (χ3v) is 2.01. The zero-order valence-electron chi connectivity index (χ0n) is 8.05. The van der Waals surface area contributed by atoms with Gasteiger partial charge in [-0.15, -0.1) is 22.6 Å². The van der Waals surface area contributed by atoms with Gasteiger partial charge >= 0.3 is 0 Å². The molecule has 5 nitrogen and oxygen atoms in total. The lowest BCUT2D eigenvalue weighted by atomic mass is 10.1. The third-order valence-electron chi connectivity index (χ3n) is 2.01. The summed E-state index contributed by atoms with van der Waals surface area (Å²) in [5, 5.41) is 13.7. The molecule has 2 aromatic rings. The van der Waals surface area contributed by atoms with Gasteiger partial charge in [0.05, 0.1) is 0 Å². The van der Waals surface area contributed by atoms with Crippen molar-refractivity contribution >= 4 is 18.1 Å². The van der Waals surface area contributed by atoms with Gasteiger partial charge in [-0.25, -0.2) is 0 Å². The Hall–Kier alpha value is -1.62. The second-order valence-electron chi connectivity index (χ2n) is 3.07. The Balaban J connectivity index is 0.00000112. The number of nitrogens with zero attached hydrogens (tertiary/aromatic N) is 3. The molecule has 0 radical (unpaired) electrons. The first-order valence-electron chi connectivity index (χ1n) is 4.41. The van der Waals surface area contributed by atoms with Crippen LogP contribution in [0.15, 0.2) is 24.3 Å². The normalized spacial score (nSPS) is 9.60. The number of hydrogen-bond donors (Lipinski definition) is 2. The highest BCUT2D eigenvalue weighted by molar-refractivity contribution is 5.85. The van der Waals surface area contributed by atoms with Gasteiger partial charge in [-0.1, -0.05) is 17.3 Å². The van der Waals surface area contributed by atoms with Gasteiger partial charge in [-0.3, -0.25) is 0 Å². The van der Waals surface area contributed by atoms with E-state index >= 15 is 0 Å². The van der Waals surface area contributed by atoms with Crippen molar-refractivity contribution in [3.8, 4) is 0 Å². The van der Waals surface area contributed by atoms with Crippen molar-refractivity contribution in [3.63, 3.8) is 0 Å². The van der Waals surface area contributed by atoms with Crippen molar-refractivity contribution in [2.75, 3.05) is 5.73 Å². The summed E-state index contributed by atoms with van der Waals surface area (Å²) >= 11 is 0. The first-order valence-corrected chi connectivity index (χ1v) is 4.41. The number of anilines is 1. The quantitative estimate of drug-likeness (QED) is 0.764. The summed E-state index contributed by atoms with van der Waals surface area (Å²) in [6.45, 7) is 0. The maximum Gasteiger partial charge on any atom is 0.174 e. The molecule has 2 rings (SSSR count). The fraction of sp³-hybridized carbons (Fsp3) is 0.222. The number of hydrogen-bond acceptors (Lipinski definition) is 4. The predicted molar refractivity (Wildman–Crippen MR) is 59.7 cm³/mol. The van der Waals surface area contributed by atoms with Gasteiger partial charge in [-0.05, 0) is 24.1 Å². The first-order chi connectivity index (χ1) is 6.84. The second-order valence-corrected chi connectivity index (χ2v) is 3.07. The van der Waals surface area contributed by atoms with E-state index in [0.717, 1.165) is 24.4 Å². The number of aryl methyl sites for hydroxylation is 2. The van der Waals surface area contributed by atoms with E-state index < -0.39 is 0 Å². The average molecular weight is 226 g/mol. The summed E-state index contributed by atoms with van der Waals surface area (Å²) in [6, 6.07) is 7.81. The monoisotopic (exact) mass is 225 g/mol. The molecular formula is C9H12ClN5. The second kappa shape index (κ2) is 5.31. The number of nitrogens with one attached hydrogen (secondary N) is 1. The first kappa shape index (κ1) is 11.5. The van der Waals surface area contributed by atoms with Gasteiger partial charge in [0.15, 0.2) is 5.82 Å². The minimum atomic E-state index is 0. The molecule has 0 fully saturated rings. The Morgan fingerprint density at radius 3 is 2.47 bits per heavy atom. The van der Waals surface area contributed by atoms with Crippen molar-refractivity contribution in [3.05, 3.63) is 35.7 Å². The zero-order chi connectivity index (χ0) is 9.80. The number of aromatic nitrogens is 4. The standard InChI is InChI=1S/C9H11N5.ClH/c10-8-4-1-7(2-5-8)3-6-9-11-13-14-12-9;/h1-2,4-5H,3,6,10H2,(H,11,12,13,14);1H. The summed E-state index contributed by atoms with van der Waals surface area (Å²) in [5.74, 6) is 0.738. The average Bonchev–Trinajstić information content (AvgIpc) is 2.70. The Bertz CT molecular complexity index is 383. The summed E-state index contributed by atoms with van der Waals surface area (Å²) < 4.78 is 0. The Kier molecular flexibility index (Phi) is 4.05. The van der Waals surface area contributed by atoms with Crippen LogP contribution < -0.4 is 5.73 Å². The van der Waals surface area contributed by atoms with E-state index in [2.05, 4.69) is 20.6 Å². The van der Waals surface area contributed by atoms with Crippen LogP contribution in [0.5, 0.6) is 0 Å². The molecule has 1 heterocycles. The van der Waals surface area contributed by atoms with Crippen LogP contribution in [-0.2, 0) is 12.8 Å². The summed E-state index contributed by atoms with van der Waals surface area (Å²) in [6.07, 6.45) is 1.69. The van der Waals surface area contributed by atoms with Gasteiger partial charge in [0.25, 0.3) is 0 Å². The van der Waals surface area contributed by atoms with Gasteiger partial charge in [0.1, 0.15) is 0 Å². The summed E-state index contributed by atoms with van der Waals surface area (Å²) in [5.41, 5.74) is 7.59. The largest absolute Gasteiger partial charge is 0.399 e. The molecule has 0 aliphatic carbocycles. The van der Waals surface area contributed by atoms with Crippen molar-refractivity contribution < 1.29 is 0 Å². The maximum atomic E-state index is 5.58. The lowest BCUT2D eigenvalue weighted by molar-refractivity contribution is 0.864. The molecule has 0 atom stereocenters. The highest BCUT2D eigenvalue weighted by Gasteiger charge is 1.98. The zero-order valence-corrected chi connectivity index (χ0v) is 8.87. The number of benzene rings is 1. The molecule has 15 heavy (non-hydrogen) atoms. The Labute approximate surface area is 93.5 Å². The van der Waals surface area contributed by atoms with E-state index in [1.54, 1.807) is 0 Å². The third kappa shape index (κ3) is 3.21. The molecule has 0 spiro atoms. The Morgan fingerprint density at radius 2 is 1.87 bits per heavy atom. The SMILES string of the molecule is Cl.Nc1ccc(CCc2nn[nH]n2)cc1. The summed E-state index contributed by atoms with van der Waals surface area (Å²) in [7, 11) is 0. The van der Waals surface area contributed by atoms with Crippen LogP contribution in [0.3, 0.4) is 0 Å². The number of halogens is 1. The molecule has 80 valence electrons. The highest BCUT2D eigenvalue weighted by atomic mass is 35.5. The van der Waals surface area contributed by atoms with E-state index in [1.165, 1.54) is 5.56 Å². The molecule has 0 aliphatic heterocycles. The molecule has 0 saturated heterocycles. The number of nitrogen functional groups attached to an aromatic ring is 1.